The van der Waals surface area contributed by atoms with E-state index in [-0.39, 0.29) is 0 Å². The first kappa shape index (κ1) is 32.2. The highest BCUT2D eigenvalue weighted by atomic mass is 32.1. The quantitative estimate of drug-likeness (QED) is 0.171. The van der Waals surface area contributed by atoms with Gasteiger partial charge in [-0.25, -0.2) is 15.0 Å². The van der Waals surface area contributed by atoms with Crippen molar-refractivity contribution in [1.82, 2.24) is 19.5 Å². The van der Waals surface area contributed by atoms with Gasteiger partial charge in [0.15, 0.2) is 17.5 Å². The highest BCUT2D eigenvalue weighted by Gasteiger charge is 2.22. The third kappa shape index (κ3) is 5.40. The predicted molar refractivity (Wildman–Crippen MR) is 234 cm³/mol. The molecule has 5 heteroatoms. The number of rotatable bonds is 6. The molecule has 0 aliphatic heterocycles. The second-order valence-electron chi connectivity index (χ2n) is 14.0. The molecule has 11 aromatic rings. The molecule has 11 rings (SSSR count). The van der Waals surface area contributed by atoms with Crippen LogP contribution in [0.3, 0.4) is 0 Å². The molecule has 0 aliphatic rings. The van der Waals surface area contributed by atoms with Crippen LogP contribution in [-0.4, -0.2) is 19.5 Å². The summed E-state index contributed by atoms with van der Waals surface area (Å²) in [6, 6.07) is 68.7. The van der Waals surface area contributed by atoms with Gasteiger partial charge in [-0.15, -0.1) is 11.3 Å². The Morgan fingerprint density at radius 1 is 0.339 bits per heavy atom. The van der Waals surface area contributed by atoms with E-state index in [1.165, 1.54) is 53.2 Å². The number of aromatic nitrogens is 4. The lowest BCUT2D eigenvalue weighted by molar-refractivity contribution is 1.07. The molecule has 0 fully saturated rings. The van der Waals surface area contributed by atoms with Crippen LogP contribution in [0.1, 0.15) is 0 Å². The molecule has 0 unspecified atom stereocenters. The van der Waals surface area contributed by atoms with Crippen molar-refractivity contribution in [3.63, 3.8) is 0 Å². The maximum absolute atomic E-state index is 5.17. The maximum atomic E-state index is 5.17. The zero-order valence-electron chi connectivity index (χ0n) is 30.2. The molecule has 0 N–H and O–H groups in total. The fourth-order valence-electron chi connectivity index (χ4n) is 8.09. The Kier molecular flexibility index (Phi) is 7.64. The van der Waals surface area contributed by atoms with Gasteiger partial charge in [0.1, 0.15) is 0 Å². The van der Waals surface area contributed by atoms with E-state index in [0.717, 1.165) is 33.5 Å². The SMILES string of the molecule is c1ccc(-c2ccc3c4c(-c5cc(-c6nc(-c7ccccc7)nc(-c7ccccc7)n6)cc6sc7ccccc7c56)cccc4n(-c4ccccc4)c3c2)cc1. The molecule has 3 heterocycles. The largest absolute Gasteiger partial charge is 0.309 e. The van der Waals surface area contributed by atoms with Crippen LogP contribution >= 0.6 is 11.3 Å². The molecule has 0 saturated carbocycles. The fraction of sp³-hybridized carbons (Fsp3) is 0. The lowest BCUT2D eigenvalue weighted by Crippen LogP contribution is -2.00. The molecule has 0 spiro atoms. The van der Waals surface area contributed by atoms with E-state index in [4.69, 9.17) is 15.0 Å². The molecule has 8 aromatic carbocycles. The number of hydrogen-bond donors (Lipinski definition) is 0. The Morgan fingerprint density at radius 2 is 0.929 bits per heavy atom. The third-order valence-corrected chi connectivity index (χ3v) is 11.8. The minimum Gasteiger partial charge on any atom is -0.309 e. The number of para-hydroxylation sites is 1. The molecular weight excluding hydrogens is 701 g/mol. The molecule has 0 amide bonds. The van der Waals surface area contributed by atoms with Crippen LogP contribution < -0.4 is 0 Å². The Hall–Kier alpha value is -7.21. The summed E-state index contributed by atoms with van der Waals surface area (Å²) in [5, 5.41) is 4.90. The fourth-order valence-corrected chi connectivity index (χ4v) is 9.26. The Balaban J connectivity index is 1.22. The Bertz CT molecular complexity index is 3170. The number of nitrogens with zero attached hydrogens (tertiary/aromatic N) is 4. The first-order valence-electron chi connectivity index (χ1n) is 18.8. The van der Waals surface area contributed by atoms with Crippen molar-refractivity contribution in [2.45, 2.75) is 0 Å². The van der Waals surface area contributed by atoms with Crippen LogP contribution in [0.15, 0.2) is 194 Å². The van der Waals surface area contributed by atoms with Crippen molar-refractivity contribution in [1.29, 1.82) is 0 Å². The Labute approximate surface area is 327 Å². The van der Waals surface area contributed by atoms with Gasteiger partial charge in [-0.05, 0) is 64.7 Å². The molecule has 56 heavy (non-hydrogen) atoms. The molecule has 0 bridgehead atoms. The number of benzene rings is 8. The molecule has 3 aromatic heterocycles. The van der Waals surface area contributed by atoms with E-state index in [9.17, 15) is 0 Å². The number of fused-ring (bicyclic) bond motifs is 6. The van der Waals surface area contributed by atoms with Crippen LogP contribution in [0.25, 0.3) is 104 Å². The van der Waals surface area contributed by atoms with Crippen LogP contribution in [0.5, 0.6) is 0 Å². The molecule has 0 saturated heterocycles. The summed E-state index contributed by atoms with van der Waals surface area (Å²) >= 11 is 1.81. The average Bonchev–Trinajstić information content (AvgIpc) is 3.83. The van der Waals surface area contributed by atoms with Crippen molar-refractivity contribution in [2.75, 3.05) is 0 Å². The molecule has 0 radical (unpaired) electrons. The van der Waals surface area contributed by atoms with E-state index in [0.29, 0.717) is 17.5 Å². The second kappa shape index (κ2) is 13.3. The van der Waals surface area contributed by atoms with Gasteiger partial charge in [-0.2, -0.15) is 0 Å². The van der Waals surface area contributed by atoms with Gasteiger partial charge in [0.05, 0.1) is 11.0 Å². The monoisotopic (exact) mass is 732 g/mol. The Morgan fingerprint density at radius 3 is 1.61 bits per heavy atom. The van der Waals surface area contributed by atoms with E-state index in [1.54, 1.807) is 0 Å². The first-order chi connectivity index (χ1) is 27.8. The van der Waals surface area contributed by atoms with Gasteiger partial charge in [0.25, 0.3) is 0 Å². The zero-order chi connectivity index (χ0) is 37.0. The van der Waals surface area contributed by atoms with Crippen LogP contribution in [0.4, 0.5) is 0 Å². The van der Waals surface area contributed by atoms with Gasteiger partial charge < -0.3 is 4.57 Å². The molecule has 262 valence electrons. The topological polar surface area (TPSA) is 43.6 Å². The smallest absolute Gasteiger partial charge is 0.164 e. The normalized spacial score (nSPS) is 11.6. The molecular formula is C51H32N4S. The summed E-state index contributed by atoms with van der Waals surface area (Å²) in [6.07, 6.45) is 0. The first-order valence-corrected chi connectivity index (χ1v) is 19.6. The van der Waals surface area contributed by atoms with Crippen molar-refractivity contribution in [3.8, 4) is 62.1 Å². The van der Waals surface area contributed by atoms with E-state index < -0.39 is 0 Å². The summed E-state index contributed by atoms with van der Waals surface area (Å²) < 4.78 is 4.85. The minimum absolute atomic E-state index is 0.643. The summed E-state index contributed by atoms with van der Waals surface area (Å²) in [4.78, 5) is 15.3. The van der Waals surface area contributed by atoms with Crippen molar-refractivity contribution in [3.05, 3.63) is 194 Å². The molecule has 0 atom stereocenters. The van der Waals surface area contributed by atoms with Crippen LogP contribution in [-0.2, 0) is 0 Å². The second-order valence-corrected chi connectivity index (χ2v) is 15.1. The van der Waals surface area contributed by atoms with Crippen molar-refractivity contribution < 1.29 is 0 Å². The van der Waals surface area contributed by atoms with E-state index in [2.05, 4.69) is 162 Å². The van der Waals surface area contributed by atoms with Gasteiger partial charge >= 0.3 is 0 Å². The summed E-state index contributed by atoms with van der Waals surface area (Å²) in [6.45, 7) is 0. The molecule has 0 aliphatic carbocycles. The van der Waals surface area contributed by atoms with Gasteiger partial charge in [-0.3, -0.25) is 0 Å². The summed E-state index contributed by atoms with van der Waals surface area (Å²) in [5.74, 6) is 1.94. The summed E-state index contributed by atoms with van der Waals surface area (Å²) in [5.41, 5.74) is 11.0. The van der Waals surface area contributed by atoms with Gasteiger partial charge in [0, 0.05) is 53.3 Å². The van der Waals surface area contributed by atoms with Gasteiger partial charge in [-0.1, -0.05) is 152 Å². The highest BCUT2D eigenvalue weighted by molar-refractivity contribution is 7.26. The number of hydrogen-bond acceptors (Lipinski definition) is 4. The lowest BCUT2D eigenvalue weighted by Gasteiger charge is -2.13. The highest BCUT2D eigenvalue weighted by Crippen LogP contribution is 2.47. The predicted octanol–water partition coefficient (Wildman–Crippen LogP) is 13.7. The lowest BCUT2D eigenvalue weighted by atomic mass is 9.93. The number of thiophene rings is 1. The minimum atomic E-state index is 0.643. The van der Waals surface area contributed by atoms with E-state index >= 15 is 0 Å². The zero-order valence-corrected chi connectivity index (χ0v) is 31.0. The van der Waals surface area contributed by atoms with E-state index in [1.807, 2.05) is 47.7 Å². The van der Waals surface area contributed by atoms with Crippen molar-refractivity contribution >= 4 is 53.3 Å². The van der Waals surface area contributed by atoms with Crippen molar-refractivity contribution in [2.24, 2.45) is 0 Å². The maximum Gasteiger partial charge on any atom is 0.164 e. The molecule has 4 nitrogen and oxygen atoms in total. The standard InChI is InChI=1S/C51H32N4S/c1-5-16-33(17-6-1)36-28-29-40-44(31-36)55(38-22-11-4-12-23-38)43-26-15-25-39(47(40)43)42-30-37(32-46-48(42)41-24-13-14-27-45(41)56-46)51-53-49(34-18-7-2-8-19-34)52-50(54-51)35-20-9-3-10-21-35/h1-32H. The summed E-state index contributed by atoms with van der Waals surface area (Å²) in [7, 11) is 0. The van der Waals surface area contributed by atoms with Gasteiger partial charge in [0.2, 0.25) is 0 Å². The average molecular weight is 733 g/mol. The third-order valence-electron chi connectivity index (χ3n) is 10.6. The van der Waals surface area contributed by atoms with Crippen LogP contribution in [0.2, 0.25) is 0 Å². The van der Waals surface area contributed by atoms with Crippen LogP contribution in [0, 0.1) is 0 Å².